The number of hydrogen-bond acceptors (Lipinski definition) is 1. The summed E-state index contributed by atoms with van der Waals surface area (Å²) < 4.78 is 0. The first-order valence-electron chi connectivity index (χ1n) is 8.06. The van der Waals surface area contributed by atoms with Crippen molar-refractivity contribution in [1.29, 1.82) is 0 Å². The molecule has 122 valence electrons. The van der Waals surface area contributed by atoms with Crippen LogP contribution in [0.1, 0.15) is 6.92 Å². The molecule has 0 saturated carbocycles. The standard InChI is InChI=1S/C21H21O2P/c1-17(21(22)23)24(18-11-5-2-6-12-18,19-13-7-3-8-14-19)20-15-9-4-10-16-20/h2-17,24H,1H3,(H,22,23). The molecule has 0 bridgehead atoms. The average molecular weight is 336 g/mol. The Morgan fingerprint density at radius 3 is 1.25 bits per heavy atom. The minimum atomic E-state index is -2.69. The van der Waals surface area contributed by atoms with Crippen LogP contribution in [0.5, 0.6) is 0 Å². The SMILES string of the molecule is CC(C(=O)O)[PH](c1ccccc1)(c1ccccc1)c1ccccc1. The van der Waals surface area contributed by atoms with Gasteiger partial charge in [0.2, 0.25) is 0 Å². The van der Waals surface area contributed by atoms with Gasteiger partial charge in [-0.05, 0) is 0 Å². The van der Waals surface area contributed by atoms with Crippen molar-refractivity contribution in [2.24, 2.45) is 0 Å². The van der Waals surface area contributed by atoms with Gasteiger partial charge in [0.15, 0.2) is 0 Å². The summed E-state index contributed by atoms with van der Waals surface area (Å²) in [6.45, 7) is 1.85. The summed E-state index contributed by atoms with van der Waals surface area (Å²) in [6.07, 6.45) is 0. The molecule has 0 radical (unpaired) electrons. The Morgan fingerprint density at radius 2 is 1.00 bits per heavy atom. The maximum absolute atomic E-state index is 12.1. The monoisotopic (exact) mass is 336 g/mol. The van der Waals surface area contributed by atoms with Crippen molar-refractivity contribution in [1.82, 2.24) is 0 Å². The van der Waals surface area contributed by atoms with Crippen LogP contribution in [0.15, 0.2) is 91.0 Å². The summed E-state index contributed by atoms with van der Waals surface area (Å²) in [6, 6.07) is 30.4. The topological polar surface area (TPSA) is 37.3 Å². The van der Waals surface area contributed by atoms with E-state index in [9.17, 15) is 9.90 Å². The van der Waals surface area contributed by atoms with Crippen molar-refractivity contribution in [2.45, 2.75) is 12.6 Å². The first kappa shape index (κ1) is 16.4. The van der Waals surface area contributed by atoms with Crippen LogP contribution >= 0.6 is 7.26 Å². The number of carboxylic acid groups (broad SMARTS) is 1. The van der Waals surface area contributed by atoms with Gasteiger partial charge in [-0.25, -0.2) is 0 Å². The van der Waals surface area contributed by atoms with Gasteiger partial charge in [-0.1, -0.05) is 0 Å². The third-order valence-electron chi connectivity index (χ3n) is 4.71. The quantitative estimate of drug-likeness (QED) is 0.727. The Hall–Kier alpha value is -2.44. The summed E-state index contributed by atoms with van der Waals surface area (Å²) in [5.74, 6) is -0.752. The molecule has 3 aromatic carbocycles. The second-order valence-corrected chi connectivity index (χ2v) is 10.2. The fourth-order valence-corrected chi connectivity index (χ4v) is 8.56. The van der Waals surface area contributed by atoms with Gasteiger partial charge in [0.1, 0.15) is 0 Å². The first-order valence-corrected chi connectivity index (χ1v) is 10.1. The molecule has 0 aromatic heterocycles. The Balaban J connectivity index is 2.39. The zero-order chi connectivity index (χ0) is 17.0. The Kier molecular flexibility index (Phi) is 4.78. The fourth-order valence-electron chi connectivity index (χ4n) is 3.54. The summed E-state index contributed by atoms with van der Waals surface area (Å²) in [4.78, 5) is 12.1. The van der Waals surface area contributed by atoms with Crippen LogP contribution < -0.4 is 15.9 Å². The Labute approximate surface area is 143 Å². The van der Waals surface area contributed by atoms with Crippen molar-refractivity contribution in [3.63, 3.8) is 0 Å². The van der Waals surface area contributed by atoms with E-state index in [0.29, 0.717) is 0 Å². The van der Waals surface area contributed by atoms with Crippen molar-refractivity contribution in [3.05, 3.63) is 91.0 Å². The molecule has 0 aliphatic heterocycles. The van der Waals surface area contributed by atoms with Crippen molar-refractivity contribution < 1.29 is 9.90 Å². The Morgan fingerprint density at radius 1 is 0.708 bits per heavy atom. The zero-order valence-electron chi connectivity index (χ0n) is 13.6. The molecule has 0 spiro atoms. The molecule has 1 atom stereocenters. The van der Waals surface area contributed by atoms with E-state index in [-0.39, 0.29) is 0 Å². The van der Waals surface area contributed by atoms with Gasteiger partial charge < -0.3 is 0 Å². The van der Waals surface area contributed by atoms with E-state index in [0.717, 1.165) is 15.9 Å². The molecule has 2 nitrogen and oxygen atoms in total. The van der Waals surface area contributed by atoms with Gasteiger partial charge >= 0.3 is 143 Å². The maximum atomic E-state index is 12.1. The van der Waals surface area contributed by atoms with Gasteiger partial charge in [0, 0.05) is 0 Å². The number of carbonyl (C=O) groups is 1. The second-order valence-electron chi connectivity index (χ2n) is 5.97. The first-order chi connectivity index (χ1) is 11.7. The predicted molar refractivity (Wildman–Crippen MR) is 104 cm³/mol. The molecule has 3 heteroatoms. The second kappa shape index (κ2) is 6.98. The molecule has 1 unspecified atom stereocenters. The molecule has 3 rings (SSSR count). The van der Waals surface area contributed by atoms with E-state index in [4.69, 9.17) is 0 Å². The zero-order valence-corrected chi connectivity index (χ0v) is 14.6. The number of aliphatic carboxylic acids is 1. The van der Waals surface area contributed by atoms with E-state index < -0.39 is 18.9 Å². The van der Waals surface area contributed by atoms with E-state index in [1.807, 2.05) is 61.5 Å². The van der Waals surface area contributed by atoms with Gasteiger partial charge in [0.05, 0.1) is 0 Å². The molecular formula is C21H21O2P. The number of benzene rings is 3. The summed E-state index contributed by atoms with van der Waals surface area (Å²) >= 11 is 0. The van der Waals surface area contributed by atoms with E-state index in [2.05, 4.69) is 36.4 Å². The third kappa shape index (κ3) is 2.74. The fraction of sp³-hybridized carbons (Fsp3) is 0.0952. The molecule has 1 N–H and O–H groups in total. The van der Waals surface area contributed by atoms with E-state index in [1.165, 1.54) is 0 Å². The Bertz CT molecular complexity index is 704. The molecule has 0 amide bonds. The van der Waals surface area contributed by atoms with Crippen LogP contribution in [-0.2, 0) is 4.79 Å². The molecule has 3 aromatic rings. The van der Waals surface area contributed by atoms with Crippen LogP contribution in [-0.4, -0.2) is 16.7 Å². The molecule has 24 heavy (non-hydrogen) atoms. The number of carboxylic acids is 1. The van der Waals surface area contributed by atoms with Crippen LogP contribution in [0.2, 0.25) is 0 Å². The predicted octanol–water partition coefficient (Wildman–Crippen LogP) is 3.19. The summed E-state index contributed by atoms with van der Waals surface area (Å²) in [7, 11) is -2.69. The molecule has 0 heterocycles. The van der Waals surface area contributed by atoms with Crippen LogP contribution in [0.3, 0.4) is 0 Å². The molecular weight excluding hydrogens is 315 g/mol. The van der Waals surface area contributed by atoms with Gasteiger partial charge in [0.25, 0.3) is 0 Å². The van der Waals surface area contributed by atoms with Gasteiger partial charge in [-0.2, -0.15) is 0 Å². The molecule has 0 fully saturated rings. The van der Waals surface area contributed by atoms with Crippen molar-refractivity contribution >= 4 is 29.1 Å². The molecule has 0 aliphatic rings. The van der Waals surface area contributed by atoms with Crippen LogP contribution in [0.25, 0.3) is 0 Å². The van der Waals surface area contributed by atoms with Crippen molar-refractivity contribution in [2.75, 3.05) is 0 Å². The number of rotatable bonds is 5. The van der Waals surface area contributed by atoms with E-state index in [1.54, 1.807) is 0 Å². The van der Waals surface area contributed by atoms with Crippen molar-refractivity contribution in [3.8, 4) is 0 Å². The number of hydrogen-bond donors (Lipinski definition) is 1. The van der Waals surface area contributed by atoms with Gasteiger partial charge in [-0.15, -0.1) is 0 Å². The van der Waals surface area contributed by atoms with Crippen LogP contribution in [0, 0.1) is 0 Å². The van der Waals surface area contributed by atoms with E-state index >= 15 is 0 Å². The summed E-state index contributed by atoms with van der Waals surface area (Å²) in [5.41, 5.74) is -0.482. The molecule has 0 aliphatic carbocycles. The van der Waals surface area contributed by atoms with Crippen LogP contribution in [0.4, 0.5) is 0 Å². The molecule has 0 saturated heterocycles. The minimum absolute atomic E-state index is 0.482. The normalized spacial score (nSPS) is 13.2. The average Bonchev–Trinajstić information content (AvgIpc) is 2.65. The van der Waals surface area contributed by atoms with Gasteiger partial charge in [-0.3, -0.25) is 0 Å². The summed E-state index contributed by atoms with van der Waals surface area (Å²) in [5, 5.41) is 13.3. The third-order valence-corrected chi connectivity index (χ3v) is 9.99.